The normalized spacial score (nSPS) is 11.7. The minimum atomic E-state index is -0.869. The van der Waals surface area contributed by atoms with Gasteiger partial charge in [-0.05, 0) is 31.2 Å². The number of carbonyl (C=O) groups is 1. The third-order valence-electron chi connectivity index (χ3n) is 4.14. The average molecular weight is 382 g/mol. The molecule has 2 aromatic carbocycles. The molecule has 0 fully saturated rings. The lowest BCUT2D eigenvalue weighted by atomic mass is 10.1. The van der Waals surface area contributed by atoms with Crippen LogP contribution in [0.2, 0.25) is 0 Å². The van der Waals surface area contributed by atoms with Crippen molar-refractivity contribution < 1.29 is 23.9 Å². The number of carbonyl (C=O) groups excluding carboxylic acids is 1. The molecule has 0 saturated carbocycles. The Balaban J connectivity index is 1.56. The van der Waals surface area contributed by atoms with Gasteiger partial charge in [0.1, 0.15) is 41.2 Å². The maximum absolute atomic E-state index is 12.6. The first kappa shape index (κ1) is 19.4. The van der Waals surface area contributed by atoms with Gasteiger partial charge in [0.2, 0.25) is 0 Å². The van der Waals surface area contributed by atoms with E-state index in [9.17, 15) is 9.90 Å². The van der Waals surface area contributed by atoms with E-state index in [0.29, 0.717) is 22.8 Å². The van der Waals surface area contributed by atoms with E-state index in [4.69, 9.17) is 14.0 Å². The molecule has 7 heteroatoms. The Kier molecular flexibility index (Phi) is 6.29. The molecule has 0 saturated heterocycles. The molecule has 7 nitrogen and oxygen atoms in total. The molecule has 0 aliphatic heterocycles. The van der Waals surface area contributed by atoms with Crippen LogP contribution in [0.3, 0.4) is 0 Å². The number of aryl methyl sites for hydroxylation is 1. The van der Waals surface area contributed by atoms with E-state index in [1.807, 2.05) is 30.3 Å². The maximum atomic E-state index is 12.6. The number of amides is 1. The van der Waals surface area contributed by atoms with Crippen LogP contribution in [-0.4, -0.2) is 42.5 Å². The Labute approximate surface area is 162 Å². The summed E-state index contributed by atoms with van der Waals surface area (Å²) >= 11 is 0. The highest BCUT2D eigenvalue weighted by molar-refractivity contribution is 6.00. The van der Waals surface area contributed by atoms with E-state index in [1.54, 1.807) is 38.3 Å². The summed E-state index contributed by atoms with van der Waals surface area (Å²) in [5.74, 6) is 1.38. The SMILES string of the molecule is COc1ccc(OC[C@H](O)CNC(=O)c2c(-c3ccccc3)noc2C)cc1. The number of nitrogens with zero attached hydrogens (tertiary/aromatic N) is 1. The number of methoxy groups -OCH3 is 1. The number of hydrogen-bond donors (Lipinski definition) is 2. The van der Waals surface area contributed by atoms with Gasteiger partial charge >= 0.3 is 0 Å². The topological polar surface area (TPSA) is 93.8 Å². The van der Waals surface area contributed by atoms with Crippen LogP contribution in [0, 0.1) is 6.92 Å². The fourth-order valence-electron chi connectivity index (χ4n) is 2.65. The number of nitrogens with one attached hydrogen (secondary N) is 1. The van der Waals surface area contributed by atoms with Crippen molar-refractivity contribution in [3.8, 4) is 22.8 Å². The fraction of sp³-hybridized carbons (Fsp3) is 0.238. The van der Waals surface area contributed by atoms with Gasteiger partial charge in [0.25, 0.3) is 5.91 Å². The minimum absolute atomic E-state index is 0.0356. The van der Waals surface area contributed by atoms with Gasteiger partial charge < -0.3 is 24.4 Å². The minimum Gasteiger partial charge on any atom is -0.497 e. The molecule has 0 aliphatic rings. The van der Waals surface area contributed by atoms with Crippen LogP contribution in [-0.2, 0) is 0 Å². The van der Waals surface area contributed by atoms with Gasteiger partial charge in [0, 0.05) is 12.1 Å². The van der Waals surface area contributed by atoms with Crippen molar-refractivity contribution in [3.63, 3.8) is 0 Å². The monoisotopic (exact) mass is 382 g/mol. The predicted molar refractivity (Wildman–Crippen MR) is 104 cm³/mol. The summed E-state index contributed by atoms with van der Waals surface area (Å²) in [7, 11) is 1.59. The Morgan fingerprint density at radius 3 is 2.50 bits per heavy atom. The second-order valence-electron chi connectivity index (χ2n) is 6.18. The van der Waals surface area contributed by atoms with Gasteiger partial charge in [-0.2, -0.15) is 0 Å². The van der Waals surface area contributed by atoms with Crippen LogP contribution in [0.1, 0.15) is 16.1 Å². The summed E-state index contributed by atoms with van der Waals surface area (Å²) in [6.45, 7) is 1.76. The van der Waals surface area contributed by atoms with Crippen molar-refractivity contribution in [3.05, 3.63) is 65.9 Å². The zero-order valence-corrected chi connectivity index (χ0v) is 15.7. The number of rotatable bonds is 8. The largest absolute Gasteiger partial charge is 0.497 e. The average Bonchev–Trinajstić information content (AvgIpc) is 3.13. The molecular formula is C21H22N2O5. The smallest absolute Gasteiger partial charge is 0.257 e. The molecule has 0 radical (unpaired) electrons. The second-order valence-corrected chi connectivity index (χ2v) is 6.18. The molecule has 1 aromatic heterocycles. The summed E-state index contributed by atoms with van der Waals surface area (Å²) < 4.78 is 15.8. The lowest BCUT2D eigenvalue weighted by molar-refractivity contribution is 0.0843. The van der Waals surface area contributed by atoms with Crippen LogP contribution in [0.4, 0.5) is 0 Å². The molecule has 0 unspecified atom stereocenters. The van der Waals surface area contributed by atoms with Gasteiger partial charge in [-0.1, -0.05) is 35.5 Å². The molecule has 3 rings (SSSR count). The van der Waals surface area contributed by atoms with Crippen molar-refractivity contribution in [2.45, 2.75) is 13.0 Å². The van der Waals surface area contributed by atoms with Crippen LogP contribution in [0.5, 0.6) is 11.5 Å². The molecule has 3 aromatic rings. The number of aliphatic hydroxyl groups is 1. The first-order valence-corrected chi connectivity index (χ1v) is 8.83. The number of aliphatic hydroxyl groups excluding tert-OH is 1. The molecule has 1 atom stereocenters. The molecule has 1 amide bonds. The molecule has 28 heavy (non-hydrogen) atoms. The highest BCUT2D eigenvalue weighted by Gasteiger charge is 2.22. The summed E-state index contributed by atoms with van der Waals surface area (Å²) in [6.07, 6.45) is -0.869. The second kappa shape index (κ2) is 9.05. The first-order valence-electron chi connectivity index (χ1n) is 8.83. The van der Waals surface area contributed by atoms with Gasteiger partial charge in [-0.15, -0.1) is 0 Å². The first-order chi connectivity index (χ1) is 13.6. The van der Waals surface area contributed by atoms with Gasteiger partial charge in [-0.3, -0.25) is 4.79 Å². The lowest BCUT2D eigenvalue weighted by Crippen LogP contribution is -2.35. The van der Waals surface area contributed by atoms with E-state index in [-0.39, 0.29) is 19.1 Å². The predicted octanol–water partition coefficient (Wildman–Crippen LogP) is 2.83. The van der Waals surface area contributed by atoms with E-state index in [0.717, 1.165) is 11.3 Å². The quantitative estimate of drug-likeness (QED) is 0.622. The summed E-state index contributed by atoms with van der Waals surface area (Å²) in [6, 6.07) is 16.3. The van der Waals surface area contributed by atoms with E-state index >= 15 is 0 Å². The van der Waals surface area contributed by atoms with Gasteiger partial charge in [-0.25, -0.2) is 0 Å². The van der Waals surface area contributed by atoms with E-state index in [1.165, 1.54) is 0 Å². The van der Waals surface area contributed by atoms with Gasteiger partial charge in [0.05, 0.1) is 7.11 Å². The maximum Gasteiger partial charge on any atom is 0.257 e. The zero-order valence-electron chi connectivity index (χ0n) is 15.7. The number of benzene rings is 2. The Bertz CT molecular complexity index is 906. The van der Waals surface area contributed by atoms with Crippen molar-refractivity contribution in [2.75, 3.05) is 20.3 Å². The molecular weight excluding hydrogens is 360 g/mol. The third kappa shape index (κ3) is 4.69. The van der Waals surface area contributed by atoms with Crippen molar-refractivity contribution in [1.82, 2.24) is 10.5 Å². The van der Waals surface area contributed by atoms with Crippen LogP contribution in [0.25, 0.3) is 11.3 Å². The highest BCUT2D eigenvalue weighted by Crippen LogP contribution is 2.24. The molecule has 1 heterocycles. The molecule has 2 N–H and O–H groups in total. The molecule has 146 valence electrons. The van der Waals surface area contributed by atoms with Crippen molar-refractivity contribution >= 4 is 5.91 Å². The van der Waals surface area contributed by atoms with E-state index < -0.39 is 6.10 Å². The zero-order chi connectivity index (χ0) is 19.9. The standard InChI is InChI=1S/C21H22N2O5/c1-14-19(20(23-28-14)15-6-4-3-5-7-15)21(25)22-12-16(24)13-27-18-10-8-17(26-2)9-11-18/h3-11,16,24H,12-13H2,1-2H3,(H,22,25)/t16-/m1/s1. The van der Waals surface area contributed by atoms with Gasteiger partial charge in [0.15, 0.2) is 0 Å². The summed E-state index contributed by atoms with van der Waals surface area (Å²) in [5.41, 5.74) is 1.61. The van der Waals surface area contributed by atoms with Crippen molar-refractivity contribution in [2.24, 2.45) is 0 Å². The number of ether oxygens (including phenoxy) is 2. The molecule has 0 spiro atoms. The van der Waals surface area contributed by atoms with Crippen molar-refractivity contribution in [1.29, 1.82) is 0 Å². The van der Waals surface area contributed by atoms with Crippen LogP contribution < -0.4 is 14.8 Å². The van der Waals surface area contributed by atoms with E-state index in [2.05, 4.69) is 10.5 Å². The van der Waals surface area contributed by atoms with Crippen LogP contribution in [0.15, 0.2) is 59.1 Å². The summed E-state index contributed by atoms with van der Waals surface area (Å²) in [4.78, 5) is 12.6. The lowest BCUT2D eigenvalue weighted by Gasteiger charge is -2.13. The number of hydrogen-bond acceptors (Lipinski definition) is 6. The number of aromatic nitrogens is 1. The third-order valence-corrected chi connectivity index (χ3v) is 4.14. The Morgan fingerprint density at radius 1 is 1.14 bits per heavy atom. The molecule has 0 bridgehead atoms. The fourth-order valence-corrected chi connectivity index (χ4v) is 2.65. The summed E-state index contributed by atoms with van der Waals surface area (Å²) in [5, 5.41) is 16.8. The Hall–Kier alpha value is -3.32. The van der Waals surface area contributed by atoms with Crippen LogP contribution >= 0.6 is 0 Å². The molecule has 0 aliphatic carbocycles. The Morgan fingerprint density at radius 2 is 1.82 bits per heavy atom. The highest BCUT2D eigenvalue weighted by atomic mass is 16.5.